The van der Waals surface area contributed by atoms with Crippen molar-refractivity contribution in [1.82, 2.24) is 5.32 Å². The summed E-state index contributed by atoms with van der Waals surface area (Å²) < 4.78 is 38.8. The molecular formula is C12H16F3N. The maximum Gasteiger partial charge on any atom is 0.194 e. The van der Waals surface area contributed by atoms with Crippen molar-refractivity contribution in [2.45, 2.75) is 32.2 Å². The third kappa shape index (κ3) is 2.98. The molecule has 0 fully saturated rings. The molecule has 1 atom stereocenters. The Morgan fingerprint density at radius 2 is 1.75 bits per heavy atom. The van der Waals surface area contributed by atoms with Crippen molar-refractivity contribution >= 4 is 0 Å². The van der Waals surface area contributed by atoms with Crippen LogP contribution in [0.5, 0.6) is 0 Å². The Balaban J connectivity index is 2.92. The summed E-state index contributed by atoms with van der Waals surface area (Å²) in [5, 5.41) is 2.97. The molecule has 0 amide bonds. The van der Waals surface area contributed by atoms with E-state index in [1.165, 1.54) is 0 Å². The van der Waals surface area contributed by atoms with Crippen molar-refractivity contribution in [1.29, 1.82) is 0 Å². The largest absolute Gasteiger partial charge is 0.313 e. The molecular weight excluding hydrogens is 215 g/mol. The number of unbranched alkanes of at least 4 members (excludes halogenated alkanes) is 1. The molecule has 0 radical (unpaired) electrons. The molecule has 1 rings (SSSR count). The summed E-state index contributed by atoms with van der Waals surface area (Å²) in [4.78, 5) is 0. The zero-order valence-corrected chi connectivity index (χ0v) is 9.49. The Morgan fingerprint density at radius 3 is 2.19 bits per heavy atom. The van der Waals surface area contributed by atoms with Gasteiger partial charge in [-0.25, -0.2) is 13.2 Å². The maximum atomic E-state index is 13.0. The van der Waals surface area contributed by atoms with Gasteiger partial charge in [0.2, 0.25) is 0 Å². The van der Waals surface area contributed by atoms with Gasteiger partial charge in [-0.3, -0.25) is 0 Å². The van der Waals surface area contributed by atoms with E-state index in [-0.39, 0.29) is 6.04 Å². The minimum Gasteiger partial charge on any atom is -0.313 e. The minimum absolute atomic E-state index is 0.135. The minimum atomic E-state index is -1.41. The van der Waals surface area contributed by atoms with Crippen molar-refractivity contribution in [3.8, 4) is 0 Å². The smallest absolute Gasteiger partial charge is 0.194 e. The van der Waals surface area contributed by atoms with Crippen LogP contribution in [-0.4, -0.2) is 7.05 Å². The molecule has 0 spiro atoms. The Labute approximate surface area is 93.7 Å². The van der Waals surface area contributed by atoms with Crippen molar-refractivity contribution in [2.24, 2.45) is 0 Å². The van der Waals surface area contributed by atoms with E-state index in [1.807, 2.05) is 6.92 Å². The summed E-state index contributed by atoms with van der Waals surface area (Å²) in [6.07, 6.45) is 2.73. The highest BCUT2D eigenvalue weighted by molar-refractivity contribution is 5.22. The molecule has 0 heterocycles. The van der Waals surface area contributed by atoms with Gasteiger partial charge >= 0.3 is 0 Å². The molecule has 1 unspecified atom stereocenters. The summed E-state index contributed by atoms with van der Waals surface area (Å²) in [5.41, 5.74) is 0.451. The predicted molar refractivity (Wildman–Crippen MR) is 57.6 cm³/mol. The van der Waals surface area contributed by atoms with Crippen LogP contribution in [0.3, 0.4) is 0 Å². The first-order valence-corrected chi connectivity index (χ1v) is 5.41. The second kappa shape index (κ2) is 5.89. The molecule has 90 valence electrons. The molecule has 0 aliphatic carbocycles. The van der Waals surface area contributed by atoms with E-state index in [9.17, 15) is 13.2 Å². The first-order chi connectivity index (χ1) is 7.60. The van der Waals surface area contributed by atoms with Gasteiger partial charge in [0.05, 0.1) is 0 Å². The first-order valence-electron chi connectivity index (χ1n) is 5.41. The molecule has 0 aliphatic rings. The van der Waals surface area contributed by atoms with E-state index in [0.29, 0.717) is 5.56 Å². The lowest BCUT2D eigenvalue weighted by Gasteiger charge is -2.16. The van der Waals surface area contributed by atoms with Gasteiger partial charge in [0.15, 0.2) is 17.5 Å². The van der Waals surface area contributed by atoms with Gasteiger partial charge in [-0.15, -0.1) is 0 Å². The molecule has 1 nitrogen and oxygen atoms in total. The van der Waals surface area contributed by atoms with Gasteiger partial charge < -0.3 is 5.32 Å². The van der Waals surface area contributed by atoms with E-state index in [2.05, 4.69) is 5.32 Å². The van der Waals surface area contributed by atoms with E-state index >= 15 is 0 Å². The summed E-state index contributed by atoms with van der Waals surface area (Å²) in [5.74, 6) is -3.67. The third-order valence-electron chi connectivity index (χ3n) is 2.60. The van der Waals surface area contributed by atoms with Gasteiger partial charge in [0.1, 0.15) is 0 Å². The Kier molecular flexibility index (Phi) is 4.80. The highest BCUT2D eigenvalue weighted by atomic mass is 19.2. The van der Waals surface area contributed by atoms with E-state index < -0.39 is 17.5 Å². The number of rotatable bonds is 5. The fourth-order valence-corrected chi connectivity index (χ4v) is 1.66. The second-order valence-corrected chi connectivity index (χ2v) is 3.78. The molecule has 1 N–H and O–H groups in total. The Bertz CT molecular complexity index is 329. The SMILES string of the molecule is CCCCC(NC)c1cc(F)c(F)c(F)c1. The number of hydrogen-bond donors (Lipinski definition) is 1. The first kappa shape index (κ1) is 13.0. The number of halogens is 3. The van der Waals surface area contributed by atoms with Crippen LogP contribution in [0.2, 0.25) is 0 Å². The lowest BCUT2D eigenvalue weighted by Crippen LogP contribution is -2.17. The molecule has 0 aliphatic heterocycles. The van der Waals surface area contributed by atoms with Crippen molar-refractivity contribution in [2.75, 3.05) is 7.05 Å². The molecule has 0 aromatic heterocycles. The van der Waals surface area contributed by atoms with Gasteiger partial charge in [-0.05, 0) is 31.2 Å². The van der Waals surface area contributed by atoms with Crippen LogP contribution in [0, 0.1) is 17.5 Å². The number of hydrogen-bond acceptors (Lipinski definition) is 1. The van der Waals surface area contributed by atoms with Crippen molar-refractivity contribution in [3.05, 3.63) is 35.1 Å². The highest BCUT2D eigenvalue weighted by Crippen LogP contribution is 2.22. The van der Waals surface area contributed by atoms with Crippen molar-refractivity contribution in [3.63, 3.8) is 0 Å². The van der Waals surface area contributed by atoms with Crippen LogP contribution in [0.1, 0.15) is 37.8 Å². The normalized spacial score (nSPS) is 12.8. The van der Waals surface area contributed by atoms with Crippen LogP contribution >= 0.6 is 0 Å². The summed E-state index contributed by atoms with van der Waals surface area (Å²) >= 11 is 0. The van der Waals surface area contributed by atoms with Crippen LogP contribution in [0.25, 0.3) is 0 Å². The zero-order chi connectivity index (χ0) is 12.1. The molecule has 4 heteroatoms. The quantitative estimate of drug-likeness (QED) is 0.764. The summed E-state index contributed by atoms with van der Waals surface area (Å²) in [7, 11) is 1.72. The van der Waals surface area contributed by atoms with Gasteiger partial charge in [0, 0.05) is 6.04 Å². The molecule has 0 saturated carbocycles. The molecule has 16 heavy (non-hydrogen) atoms. The standard InChI is InChI=1S/C12H16F3N/c1-3-4-5-11(16-2)8-6-9(13)12(15)10(14)7-8/h6-7,11,16H,3-5H2,1-2H3. The lowest BCUT2D eigenvalue weighted by atomic mass is 10.0. The zero-order valence-electron chi connectivity index (χ0n) is 9.49. The average Bonchev–Trinajstić information content (AvgIpc) is 2.26. The molecule has 1 aromatic rings. The highest BCUT2D eigenvalue weighted by Gasteiger charge is 2.15. The van der Waals surface area contributed by atoms with E-state index in [4.69, 9.17) is 0 Å². The topological polar surface area (TPSA) is 12.0 Å². The fourth-order valence-electron chi connectivity index (χ4n) is 1.66. The van der Waals surface area contributed by atoms with E-state index in [0.717, 1.165) is 31.4 Å². The average molecular weight is 231 g/mol. The van der Waals surface area contributed by atoms with Crippen LogP contribution < -0.4 is 5.32 Å². The lowest BCUT2D eigenvalue weighted by molar-refractivity contribution is 0.438. The van der Waals surface area contributed by atoms with Gasteiger partial charge in [-0.2, -0.15) is 0 Å². The monoisotopic (exact) mass is 231 g/mol. The third-order valence-corrected chi connectivity index (χ3v) is 2.60. The Morgan fingerprint density at radius 1 is 1.19 bits per heavy atom. The van der Waals surface area contributed by atoms with Crippen LogP contribution in [-0.2, 0) is 0 Å². The predicted octanol–water partition coefficient (Wildman–Crippen LogP) is 3.55. The Hall–Kier alpha value is -1.03. The van der Waals surface area contributed by atoms with Crippen LogP contribution in [0.4, 0.5) is 13.2 Å². The fraction of sp³-hybridized carbons (Fsp3) is 0.500. The number of benzene rings is 1. The second-order valence-electron chi connectivity index (χ2n) is 3.78. The molecule has 0 bridgehead atoms. The number of nitrogens with one attached hydrogen (secondary N) is 1. The molecule has 1 aromatic carbocycles. The van der Waals surface area contributed by atoms with Crippen molar-refractivity contribution < 1.29 is 13.2 Å². The van der Waals surface area contributed by atoms with Gasteiger partial charge in [0.25, 0.3) is 0 Å². The van der Waals surface area contributed by atoms with Gasteiger partial charge in [-0.1, -0.05) is 19.8 Å². The maximum absolute atomic E-state index is 13.0. The summed E-state index contributed by atoms with van der Waals surface area (Å²) in [6.45, 7) is 2.04. The summed E-state index contributed by atoms with van der Waals surface area (Å²) in [6, 6.07) is 1.97. The van der Waals surface area contributed by atoms with Crippen LogP contribution in [0.15, 0.2) is 12.1 Å². The molecule has 0 saturated heterocycles. The van der Waals surface area contributed by atoms with E-state index in [1.54, 1.807) is 7.05 Å².